The summed E-state index contributed by atoms with van der Waals surface area (Å²) in [5, 5.41) is 2.96. The van der Waals surface area contributed by atoms with Crippen LogP contribution in [0.2, 0.25) is 0 Å². The molecule has 0 spiro atoms. The lowest BCUT2D eigenvalue weighted by molar-refractivity contribution is 0.0451. The van der Waals surface area contributed by atoms with E-state index >= 15 is 0 Å². The standard InChI is InChI=1S/C20H26N2O3/c1-3-24-11-12-25-14-18-5-4-6-19(15(18)2)22-20(23)17-9-7-16(13-21)8-10-17/h4-10H,3,11-14,21H2,1-2H3,(H,22,23). The maximum Gasteiger partial charge on any atom is 0.255 e. The van der Waals surface area contributed by atoms with Gasteiger partial charge in [-0.2, -0.15) is 0 Å². The monoisotopic (exact) mass is 342 g/mol. The van der Waals surface area contributed by atoms with Gasteiger partial charge in [0.2, 0.25) is 0 Å². The number of anilines is 1. The third kappa shape index (κ3) is 5.67. The predicted octanol–water partition coefficient (Wildman–Crippen LogP) is 3.26. The number of nitrogens with one attached hydrogen (secondary N) is 1. The van der Waals surface area contributed by atoms with Gasteiger partial charge in [-0.25, -0.2) is 0 Å². The summed E-state index contributed by atoms with van der Waals surface area (Å²) in [6.45, 7) is 6.73. The lowest BCUT2D eigenvalue weighted by Gasteiger charge is -2.13. The molecule has 3 N–H and O–H groups in total. The third-order valence-corrected chi connectivity index (χ3v) is 3.98. The molecule has 0 saturated heterocycles. The molecule has 0 atom stereocenters. The van der Waals surface area contributed by atoms with Crippen molar-refractivity contribution >= 4 is 11.6 Å². The summed E-state index contributed by atoms with van der Waals surface area (Å²) >= 11 is 0. The van der Waals surface area contributed by atoms with E-state index in [1.54, 1.807) is 12.1 Å². The molecule has 134 valence electrons. The van der Waals surface area contributed by atoms with Gasteiger partial charge in [0.25, 0.3) is 5.91 Å². The Morgan fingerprint density at radius 1 is 1.08 bits per heavy atom. The molecule has 2 rings (SSSR count). The van der Waals surface area contributed by atoms with Gasteiger partial charge in [0, 0.05) is 24.4 Å². The largest absolute Gasteiger partial charge is 0.379 e. The first-order chi connectivity index (χ1) is 12.2. The Bertz CT molecular complexity index is 684. The molecule has 5 heteroatoms. The number of hydrogen-bond acceptors (Lipinski definition) is 4. The second-order valence-corrected chi connectivity index (χ2v) is 5.69. The first kappa shape index (κ1) is 19.1. The Balaban J connectivity index is 1.99. The molecule has 0 bridgehead atoms. The van der Waals surface area contributed by atoms with E-state index in [1.165, 1.54) is 0 Å². The summed E-state index contributed by atoms with van der Waals surface area (Å²) in [5.41, 5.74) is 10.0. The van der Waals surface area contributed by atoms with Crippen LogP contribution in [0.15, 0.2) is 42.5 Å². The summed E-state index contributed by atoms with van der Waals surface area (Å²) in [7, 11) is 0. The maximum atomic E-state index is 12.4. The molecule has 0 fully saturated rings. The van der Waals surface area contributed by atoms with E-state index in [2.05, 4.69) is 5.32 Å². The van der Waals surface area contributed by atoms with E-state index in [0.29, 0.717) is 38.5 Å². The van der Waals surface area contributed by atoms with Crippen LogP contribution in [0, 0.1) is 6.92 Å². The van der Waals surface area contributed by atoms with Crippen molar-refractivity contribution in [1.82, 2.24) is 0 Å². The molecule has 2 aromatic rings. The second-order valence-electron chi connectivity index (χ2n) is 5.69. The molecule has 5 nitrogen and oxygen atoms in total. The number of nitrogens with two attached hydrogens (primary N) is 1. The normalized spacial score (nSPS) is 10.7. The van der Waals surface area contributed by atoms with Crippen LogP contribution in [-0.4, -0.2) is 25.7 Å². The molecule has 0 aromatic heterocycles. The smallest absolute Gasteiger partial charge is 0.255 e. The van der Waals surface area contributed by atoms with Gasteiger partial charge in [-0.1, -0.05) is 24.3 Å². The minimum absolute atomic E-state index is 0.138. The van der Waals surface area contributed by atoms with Gasteiger partial charge >= 0.3 is 0 Å². The third-order valence-electron chi connectivity index (χ3n) is 3.98. The van der Waals surface area contributed by atoms with Crippen molar-refractivity contribution in [3.05, 3.63) is 64.7 Å². The lowest BCUT2D eigenvalue weighted by atomic mass is 10.1. The second kappa shape index (κ2) is 9.93. The minimum Gasteiger partial charge on any atom is -0.379 e. The van der Waals surface area contributed by atoms with Gasteiger partial charge in [-0.15, -0.1) is 0 Å². The highest BCUT2D eigenvalue weighted by atomic mass is 16.5. The van der Waals surface area contributed by atoms with Gasteiger partial charge in [0.15, 0.2) is 0 Å². The quantitative estimate of drug-likeness (QED) is 0.686. The molecular formula is C20H26N2O3. The molecule has 0 radical (unpaired) electrons. The van der Waals surface area contributed by atoms with Gasteiger partial charge in [0.05, 0.1) is 19.8 Å². The zero-order valence-electron chi connectivity index (χ0n) is 14.9. The molecule has 1 amide bonds. The molecule has 0 unspecified atom stereocenters. The highest BCUT2D eigenvalue weighted by molar-refractivity contribution is 6.04. The van der Waals surface area contributed by atoms with E-state index < -0.39 is 0 Å². The van der Waals surface area contributed by atoms with E-state index in [-0.39, 0.29) is 5.91 Å². The Labute approximate surface area is 149 Å². The van der Waals surface area contributed by atoms with Crippen LogP contribution in [0.4, 0.5) is 5.69 Å². The molecular weight excluding hydrogens is 316 g/mol. The first-order valence-electron chi connectivity index (χ1n) is 8.50. The van der Waals surface area contributed by atoms with Crippen LogP contribution in [-0.2, 0) is 22.6 Å². The number of carbonyl (C=O) groups is 1. The minimum atomic E-state index is -0.138. The molecule has 0 aliphatic carbocycles. The van der Waals surface area contributed by atoms with Crippen LogP contribution in [0.3, 0.4) is 0 Å². The van der Waals surface area contributed by atoms with E-state index in [1.807, 2.05) is 44.2 Å². The Morgan fingerprint density at radius 3 is 2.48 bits per heavy atom. The molecule has 0 aliphatic heterocycles. The van der Waals surface area contributed by atoms with Crippen molar-refractivity contribution < 1.29 is 14.3 Å². The number of hydrogen-bond donors (Lipinski definition) is 2. The Kier molecular flexibility index (Phi) is 7.60. The van der Waals surface area contributed by atoms with Crippen molar-refractivity contribution in [3.8, 4) is 0 Å². The Morgan fingerprint density at radius 2 is 1.80 bits per heavy atom. The fourth-order valence-corrected chi connectivity index (χ4v) is 2.41. The average molecular weight is 342 g/mol. The van der Waals surface area contributed by atoms with Crippen LogP contribution in [0.1, 0.15) is 34.0 Å². The van der Waals surface area contributed by atoms with E-state index in [4.69, 9.17) is 15.2 Å². The van der Waals surface area contributed by atoms with Crippen molar-refractivity contribution in [2.24, 2.45) is 5.73 Å². The predicted molar refractivity (Wildman–Crippen MR) is 99.6 cm³/mol. The van der Waals surface area contributed by atoms with Crippen molar-refractivity contribution in [3.63, 3.8) is 0 Å². The van der Waals surface area contributed by atoms with Gasteiger partial charge in [-0.3, -0.25) is 4.79 Å². The van der Waals surface area contributed by atoms with Gasteiger partial charge < -0.3 is 20.5 Å². The lowest BCUT2D eigenvalue weighted by Crippen LogP contribution is -2.14. The highest BCUT2D eigenvalue weighted by Crippen LogP contribution is 2.20. The van der Waals surface area contributed by atoms with Crippen LogP contribution < -0.4 is 11.1 Å². The number of benzene rings is 2. The summed E-state index contributed by atoms with van der Waals surface area (Å²) in [6, 6.07) is 13.1. The highest BCUT2D eigenvalue weighted by Gasteiger charge is 2.10. The molecule has 0 heterocycles. The zero-order valence-corrected chi connectivity index (χ0v) is 14.9. The summed E-state index contributed by atoms with van der Waals surface area (Å²) in [6.07, 6.45) is 0. The van der Waals surface area contributed by atoms with E-state index in [9.17, 15) is 4.79 Å². The summed E-state index contributed by atoms with van der Waals surface area (Å²) in [5.74, 6) is -0.138. The maximum absolute atomic E-state index is 12.4. The molecule has 0 saturated carbocycles. The average Bonchev–Trinajstić information content (AvgIpc) is 2.64. The van der Waals surface area contributed by atoms with Crippen LogP contribution >= 0.6 is 0 Å². The van der Waals surface area contributed by atoms with Gasteiger partial charge in [0.1, 0.15) is 0 Å². The number of ether oxygens (including phenoxy) is 2. The van der Waals surface area contributed by atoms with Crippen molar-refractivity contribution in [1.29, 1.82) is 0 Å². The van der Waals surface area contributed by atoms with Crippen LogP contribution in [0.25, 0.3) is 0 Å². The molecule has 25 heavy (non-hydrogen) atoms. The molecule has 2 aromatic carbocycles. The number of amides is 1. The number of rotatable bonds is 9. The topological polar surface area (TPSA) is 73.6 Å². The van der Waals surface area contributed by atoms with E-state index in [0.717, 1.165) is 22.4 Å². The summed E-state index contributed by atoms with van der Waals surface area (Å²) in [4.78, 5) is 12.4. The Hall–Kier alpha value is -2.21. The van der Waals surface area contributed by atoms with Crippen molar-refractivity contribution in [2.75, 3.05) is 25.1 Å². The first-order valence-corrected chi connectivity index (χ1v) is 8.50. The zero-order chi connectivity index (χ0) is 18.1. The fourth-order valence-electron chi connectivity index (χ4n) is 2.41. The van der Waals surface area contributed by atoms with Crippen LogP contribution in [0.5, 0.6) is 0 Å². The summed E-state index contributed by atoms with van der Waals surface area (Å²) < 4.78 is 10.9. The van der Waals surface area contributed by atoms with Gasteiger partial charge in [-0.05, 0) is 48.7 Å². The van der Waals surface area contributed by atoms with Crippen molar-refractivity contribution in [2.45, 2.75) is 27.0 Å². The fraction of sp³-hybridized carbons (Fsp3) is 0.350. The number of carbonyl (C=O) groups excluding carboxylic acids is 1. The SMILES string of the molecule is CCOCCOCc1cccc(NC(=O)c2ccc(CN)cc2)c1C. The molecule has 0 aliphatic rings.